The average Bonchev–Trinajstić information content (AvgIpc) is 4.21. The van der Waals surface area contributed by atoms with Gasteiger partial charge in [-0.25, -0.2) is 4.98 Å². The van der Waals surface area contributed by atoms with E-state index in [9.17, 15) is 19.5 Å². The Morgan fingerprint density at radius 2 is 1.74 bits per heavy atom. The van der Waals surface area contributed by atoms with Crippen LogP contribution in [-0.4, -0.2) is 143 Å². The number of benzene rings is 3. The van der Waals surface area contributed by atoms with E-state index in [-0.39, 0.29) is 50.4 Å². The molecule has 0 saturated carbocycles. The molecule has 0 aliphatic carbocycles. The van der Waals surface area contributed by atoms with Crippen LogP contribution in [0.2, 0.25) is 5.02 Å². The number of aliphatic hydroxyl groups excluding tert-OH is 1. The van der Waals surface area contributed by atoms with Crippen molar-refractivity contribution in [1.82, 2.24) is 40.7 Å². The predicted octanol–water partition coefficient (Wildman–Crippen LogP) is 6.67. The smallest absolute Gasteiger partial charge is 0.318 e. The number of hydrogen-bond acceptors (Lipinski definition) is 14. The Labute approximate surface area is 443 Å². The highest BCUT2D eigenvalue weighted by Gasteiger charge is 2.44. The molecule has 16 nitrogen and oxygen atoms in total. The Bertz CT molecular complexity index is 2790. The molecule has 0 spiro atoms. The van der Waals surface area contributed by atoms with Crippen LogP contribution in [0, 0.1) is 12.3 Å². The molecule has 10 rings (SSSR count). The molecule has 5 aromatic rings. The van der Waals surface area contributed by atoms with E-state index in [1.807, 2.05) is 69.6 Å². The first-order chi connectivity index (χ1) is 35.7. The lowest BCUT2D eigenvalue weighted by Gasteiger charge is -2.37. The topological polar surface area (TPSA) is 178 Å². The molecule has 2 bridgehead atoms. The van der Waals surface area contributed by atoms with Crippen LogP contribution >= 0.6 is 22.9 Å². The van der Waals surface area contributed by atoms with Gasteiger partial charge in [0.15, 0.2) is 0 Å². The number of ether oxygens (including phenoxy) is 2. The minimum Gasteiger partial charge on any atom is -0.462 e. The van der Waals surface area contributed by atoms with E-state index in [2.05, 4.69) is 59.9 Å². The van der Waals surface area contributed by atoms with Crippen LogP contribution in [0.3, 0.4) is 0 Å². The molecule has 2 aromatic heterocycles. The highest BCUT2D eigenvalue weighted by molar-refractivity contribution is 7.13. The number of fused-ring (bicyclic) bond motifs is 4. The Kier molecular flexibility index (Phi) is 16.0. The van der Waals surface area contributed by atoms with Gasteiger partial charge in [-0.2, -0.15) is 9.97 Å². The molecule has 4 N–H and O–H groups in total. The fourth-order valence-electron chi connectivity index (χ4n) is 11.6. The average molecular weight is 1050 g/mol. The second kappa shape index (κ2) is 22.8. The van der Waals surface area contributed by atoms with Gasteiger partial charge < -0.3 is 45.2 Å². The number of thiazole rings is 1. The molecule has 6 atom stereocenters. The third-order valence-electron chi connectivity index (χ3n) is 15.5. The van der Waals surface area contributed by atoms with Crippen LogP contribution in [-0.2, 0) is 38.6 Å². The summed E-state index contributed by atoms with van der Waals surface area (Å²) in [6.07, 6.45) is 5.46. The van der Waals surface area contributed by atoms with E-state index in [1.54, 1.807) is 11.3 Å². The summed E-state index contributed by atoms with van der Waals surface area (Å²) in [4.78, 5) is 65.6. The lowest BCUT2D eigenvalue weighted by molar-refractivity contribution is -0.144. The molecule has 3 aromatic carbocycles. The summed E-state index contributed by atoms with van der Waals surface area (Å²) in [7, 11) is 0. The highest BCUT2D eigenvalue weighted by atomic mass is 35.5. The molecule has 5 aliphatic heterocycles. The lowest BCUT2D eigenvalue weighted by Crippen LogP contribution is -2.57. The number of rotatable bonds is 18. The molecular formula is C56H71ClN10O6S. The van der Waals surface area contributed by atoms with Gasteiger partial charge in [-0.3, -0.25) is 19.3 Å². The third kappa shape index (κ3) is 11.8. The molecule has 5 aliphatic rings. The number of hydrogen-bond donors (Lipinski definition) is 4. The van der Waals surface area contributed by atoms with Crippen molar-refractivity contribution < 1.29 is 29.0 Å². The number of likely N-dealkylation sites (tertiary alicyclic amines) is 2. The number of halogens is 1. The fraction of sp³-hybridized carbons (Fsp3) is 0.536. The number of aromatic nitrogens is 3. The first kappa shape index (κ1) is 52.0. The number of aryl methyl sites for hydroxylation is 1. The van der Waals surface area contributed by atoms with Gasteiger partial charge in [0.2, 0.25) is 17.7 Å². The second-order valence-electron chi connectivity index (χ2n) is 21.9. The monoisotopic (exact) mass is 1050 g/mol. The number of anilines is 2. The van der Waals surface area contributed by atoms with Crippen molar-refractivity contribution in [2.45, 2.75) is 128 Å². The number of carbonyl (C=O) groups excluding carboxylic acids is 3. The lowest BCUT2D eigenvalue weighted by atomic mass is 9.85. The van der Waals surface area contributed by atoms with Crippen LogP contribution < -0.4 is 30.5 Å². The second-order valence-corrected chi connectivity index (χ2v) is 23.1. The number of piperazine rings is 1. The summed E-state index contributed by atoms with van der Waals surface area (Å²) in [5.74, 6) is -0.0270. The minimum atomic E-state index is -0.910. The van der Waals surface area contributed by atoms with Crippen LogP contribution in [0.1, 0.15) is 88.2 Å². The quantitative estimate of drug-likeness (QED) is 0.0686. The zero-order chi connectivity index (χ0) is 51.5. The highest BCUT2D eigenvalue weighted by Crippen LogP contribution is 2.38. The Hall–Kier alpha value is -5.43. The molecule has 4 saturated heterocycles. The van der Waals surface area contributed by atoms with Crippen molar-refractivity contribution in [3.05, 3.63) is 93.7 Å². The van der Waals surface area contributed by atoms with Gasteiger partial charge in [-0.1, -0.05) is 80.9 Å². The van der Waals surface area contributed by atoms with Crippen LogP contribution in [0.4, 0.5) is 11.5 Å². The minimum absolute atomic E-state index is 0.0120. The summed E-state index contributed by atoms with van der Waals surface area (Å²) < 4.78 is 12.6. The van der Waals surface area contributed by atoms with E-state index in [0.717, 1.165) is 113 Å². The predicted molar refractivity (Wildman–Crippen MR) is 290 cm³/mol. The normalized spacial score (nSPS) is 22.3. The zero-order valence-electron chi connectivity index (χ0n) is 43.2. The van der Waals surface area contributed by atoms with Crippen LogP contribution in [0.15, 0.2) is 66.2 Å². The molecule has 74 heavy (non-hydrogen) atoms. The molecule has 7 heterocycles. The molecule has 394 valence electrons. The summed E-state index contributed by atoms with van der Waals surface area (Å²) in [5, 5.41) is 23.3. The zero-order valence-corrected chi connectivity index (χ0v) is 44.7. The van der Waals surface area contributed by atoms with Gasteiger partial charge in [0.05, 0.1) is 46.1 Å². The maximum Gasteiger partial charge on any atom is 0.318 e. The van der Waals surface area contributed by atoms with Gasteiger partial charge in [0, 0.05) is 93.5 Å². The van der Waals surface area contributed by atoms with E-state index in [0.29, 0.717) is 37.9 Å². The Morgan fingerprint density at radius 3 is 2.50 bits per heavy atom. The maximum atomic E-state index is 14.2. The largest absolute Gasteiger partial charge is 0.462 e. The van der Waals surface area contributed by atoms with Crippen molar-refractivity contribution in [1.29, 1.82) is 0 Å². The number of nitrogens with one attached hydrogen (secondary N) is 3. The summed E-state index contributed by atoms with van der Waals surface area (Å²) in [6.45, 7) is 14.3. The number of β-amino-alcohol motifs (C(OH)–C–C–N with tert-alkyl or cyclic N) is 1. The maximum absolute atomic E-state index is 14.2. The van der Waals surface area contributed by atoms with Gasteiger partial charge in [-0.15, -0.1) is 11.3 Å². The number of nitrogens with zero attached hydrogens (tertiary/aromatic N) is 7. The molecule has 3 amide bonds. The van der Waals surface area contributed by atoms with E-state index in [1.165, 1.54) is 23.3 Å². The summed E-state index contributed by atoms with van der Waals surface area (Å²) in [5.41, 5.74) is 7.46. The number of amides is 3. The van der Waals surface area contributed by atoms with E-state index >= 15 is 0 Å². The third-order valence-corrected chi connectivity index (χ3v) is 16.8. The van der Waals surface area contributed by atoms with Crippen molar-refractivity contribution >= 4 is 62.9 Å². The molecule has 2 unspecified atom stereocenters. The van der Waals surface area contributed by atoms with Crippen LogP contribution in [0.25, 0.3) is 21.2 Å². The van der Waals surface area contributed by atoms with Crippen LogP contribution in [0.5, 0.6) is 6.01 Å². The van der Waals surface area contributed by atoms with Gasteiger partial charge >= 0.3 is 6.01 Å². The summed E-state index contributed by atoms with van der Waals surface area (Å²) in [6, 6.07) is 20.2. The SMILES string of the molecule is Cc1ncsc1-c1ccc(CNC(=O)[C@@H]2C[C@@H](O)CN2C(=O)[C@@H](NC(=O)CCOCCCN2CCC[C@H]2COc2nc3c(c(N4CC5CCC(C4)N5)n2)CCN(c2cccc4cccc(Cl)c24)C3)C(C)(C)C)cc1. The van der Waals surface area contributed by atoms with Gasteiger partial charge in [0.25, 0.3) is 0 Å². The van der Waals surface area contributed by atoms with E-state index in [4.69, 9.17) is 31.0 Å². The number of aliphatic hydroxyl groups is 1. The first-order valence-electron chi connectivity index (χ1n) is 26.6. The fourth-order valence-corrected chi connectivity index (χ4v) is 12.7. The Balaban J connectivity index is 0.695. The first-order valence-corrected chi connectivity index (χ1v) is 27.8. The molecular weight excluding hydrogens is 976 g/mol. The summed E-state index contributed by atoms with van der Waals surface area (Å²) >= 11 is 8.39. The standard InChI is InChI=1S/C56H71ClN10O6S/c1-35-50(74-34-59-35)38-16-14-36(15-17-38)28-58-53(70)47-27-42(68)31-67(47)54(71)51(56(2,3)4)62-48(69)21-26-72-25-8-23-64-22-7-11-41(64)33-73-55-61-45-32-65(46-13-6-10-37-9-5-12-44(57)49(37)46)24-20-43(45)52(63-55)66-29-39-18-19-40(30-66)60-39/h5-6,9-10,12-17,34,39-42,47,51,60,68H,7-8,11,18-33H2,1-4H3,(H,58,70)(H,62,69)/t39?,40?,41-,42+,47-,51+/m0/s1. The van der Waals surface area contributed by atoms with Crippen molar-refractivity contribution in [2.75, 3.05) is 68.9 Å². The number of carbonyl (C=O) groups is 3. The van der Waals surface area contributed by atoms with Gasteiger partial charge in [-0.05, 0) is 86.1 Å². The molecule has 4 fully saturated rings. The van der Waals surface area contributed by atoms with Crippen molar-refractivity contribution in [3.8, 4) is 16.5 Å². The molecule has 18 heteroatoms. The molecule has 0 radical (unpaired) electrons. The van der Waals surface area contributed by atoms with Crippen molar-refractivity contribution in [2.24, 2.45) is 5.41 Å². The van der Waals surface area contributed by atoms with E-state index < -0.39 is 29.5 Å². The Morgan fingerprint density at radius 1 is 0.959 bits per heavy atom. The van der Waals surface area contributed by atoms with Crippen molar-refractivity contribution in [3.63, 3.8) is 0 Å². The van der Waals surface area contributed by atoms with Gasteiger partial charge in [0.1, 0.15) is 24.5 Å².